The molecule has 0 aromatic heterocycles. The van der Waals surface area contributed by atoms with Gasteiger partial charge in [-0.3, -0.25) is 0 Å². The summed E-state index contributed by atoms with van der Waals surface area (Å²) < 4.78 is 1.42. The lowest BCUT2D eigenvalue weighted by Crippen LogP contribution is -3.00. The van der Waals surface area contributed by atoms with Gasteiger partial charge in [0.2, 0.25) is 0 Å². The minimum absolute atomic E-state index is 0. The normalized spacial score (nSPS) is 11.0. The van der Waals surface area contributed by atoms with E-state index in [1.54, 1.807) is 0 Å². The highest BCUT2D eigenvalue weighted by Gasteiger charge is 2.24. The van der Waals surface area contributed by atoms with Crippen LogP contribution < -0.4 is 17.0 Å². The highest BCUT2D eigenvalue weighted by atomic mass is 79.9. The predicted octanol–water partition coefficient (Wildman–Crippen LogP) is 3.36. The fourth-order valence-corrected chi connectivity index (χ4v) is 3.32. The summed E-state index contributed by atoms with van der Waals surface area (Å²) in [4.78, 5) is 2.38. The van der Waals surface area contributed by atoms with Crippen molar-refractivity contribution in [2.75, 3.05) is 45.8 Å². The molecule has 0 fully saturated rings. The molecule has 0 atom stereocenters. The van der Waals surface area contributed by atoms with Crippen LogP contribution in [0.15, 0.2) is 0 Å². The molecule has 3 heteroatoms. The van der Waals surface area contributed by atoms with E-state index in [1.807, 2.05) is 0 Å². The van der Waals surface area contributed by atoms with Crippen molar-refractivity contribution in [2.24, 2.45) is 0 Å². The molecule has 0 aromatic rings. The number of hydrogen-bond acceptors (Lipinski definition) is 1. The molecular formula is C22H51BrN2. The first-order chi connectivity index (χ1) is 11.6. The SMILES string of the molecule is CCCC[N+](CCCC)(CCCC)CCCC.CCN(CC)CC.[Br-]. The van der Waals surface area contributed by atoms with Crippen LogP contribution in [0.2, 0.25) is 0 Å². The summed E-state index contributed by atoms with van der Waals surface area (Å²) in [6, 6.07) is 0. The Morgan fingerprint density at radius 2 is 0.720 bits per heavy atom. The Hall–Kier alpha value is 0.400. The Morgan fingerprint density at radius 1 is 0.480 bits per heavy atom. The van der Waals surface area contributed by atoms with Crippen molar-refractivity contribution in [3.8, 4) is 0 Å². The zero-order valence-corrected chi connectivity index (χ0v) is 20.5. The monoisotopic (exact) mass is 422 g/mol. The summed E-state index contributed by atoms with van der Waals surface area (Å²) in [5.74, 6) is 0. The van der Waals surface area contributed by atoms with Crippen molar-refractivity contribution in [1.82, 2.24) is 4.90 Å². The largest absolute Gasteiger partial charge is 1.00 e. The van der Waals surface area contributed by atoms with Gasteiger partial charge in [0.1, 0.15) is 0 Å². The Labute approximate surface area is 172 Å². The van der Waals surface area contributed by atoms with E-state index in [0.29, 0.717) is 0 Å². The van der Waals surface area contributed by atoms with E-state index in [0.717, 1.165) is 0 Å². The number of hydrogen-bond donors (Lipinski definition) is 0. The summed E-state index contributed by atoms with van der Waals surface area (Å²) in [6.45, 7) is 25.1. The molecular weight excluding hydrogens is 372 g/mol. The molecule has 0 aliphatic carbocycles. The minimum atomic E-state index is 0. The summed E-state index contributed by atoms with van der Waals surface area (Å²) in [5, 5.41) is 0. The average Bonchev–Trinajstić information content (AvgIpc) is 2.62. The van der Waals surface area contributed by atoms with Gasteiger partial charge in [0.05, 0.1) is 26.2 Å². The van der Waals surface area contributed by atoms with Gasteiger partial charge < -0.3 is 26.4 Å². The number of rotatable bonds is 15. The number of halogens is 1. The molecule has 0 heterocycles. The Morgan fingerprint density at radius 3 is 0.840 bits per heavy atom. The summed E-state index contributed by atoms with van der Waals surface area (Å²) in [5.41, 5.74) is 0. The molecule has 156 valence electrons. The fraction of sp³-hybridized carbons (Fsp3) is 1.00. The first-order valence-corrected chi connectivity index (χ1v) is 11.2. The zero-order chi connectivity index (χ0) is 18.7. The second-order valence-corrected chi connectivity index (χ2v) is 7.27. The van der Waals surface area contributed by atoms with Gasteiger partial charge >= 0.3 is 0 Å². The summed E-state index contributed by atoms with van der Waals surface area (Å²) in [6.07, 6.45) is 11.1. The Balaban J connectivity index is -0.000000513. The van der Waals surface area contributed by atoms with Gasteiger partial charge in [-0.25, -0.2) is 0 Å². The van der Waals surface area contributed by atoms with E-state index < -0.39 is 0 Å². The third-order valence-electron chi connectivity index (χ3n) is 5.29. The van der Waals surface area contributed by atoms with Crippen molar-refractivity contribution in [1.29, 1.82) is 0 Å². The highest BCUT2D eigenvalue weighted by molar-refractivity contribution is 4.49. The maximum Gasteiger partial charge on any atom is 0.0786 e. The third-order valence-corrected chi connectivity index (χ3v) is 5.29. The number of unbranched alkanes of at least 4 members (excludes halogenated alkanes) is 4. The third kappa shape index (κ3) is 17.6. The van der Waals surface area contributed by atoms with E-state index in [-0.39, 0.29) is 17.0 Å². The molecule has 0 bridgehead atoms. The van der Waals surface area contributed by atoms with Crippen LogP contribution >= 0.6 is 0 Å². The molecule has 0 saturated heterocycles. The minimum Gasteiger partial charge on any atom is -1.00 e. The maximum absolute atomic E-state index is 2.38. The second-order valence-electron chi connectivity index (χ2n) is 7.27. The van der Waals surface area contributed by atoms with Gasteiger partial charge in [0.25, 0.3) is 0 Å². The highest BCUT2D eigenvalue weighted by Crippen LogP contribution is 2.16. The van der Waals surface area contributed by atoms with Crippen LogP contribution in [0.3, 0.4) is 0 Å². The molecule has 0 spiro atoms. The number of nitrogens with zero attached hydrogens (tertiary/aromatic N) is 2. The molecule has 0 rings (SSSR count). The molecule has 0 aromatic carbocycles. The van der Waals surface area contributed by atoms with Crippen LogP contribution in [0.5, 0.6) is 0 Å². The lowest BCUT2D eigenvalue weighted by molar-refractivity contribution is -0.929. The van der Waals surface area contributed by atoms with Crippen LogP contribution in [0.1, 0.15) is 99.8 Å². The topological polar surface area (TPSA) is 3.24 Å². The Kier molecular flexibility index (Phi) is 27.1. The van der Waals surface area contributed by atoms with E-state index in [1.165, 1.54) is 102 Å². The molecule has 0 aliphatic rings. The van der Waals surface area contributed by atoms with Gasteiger partial charge in [-0.05, 0) is 45.3 Å². The van der Waals surface area contributed by atoms with Gasteiger partial charge in [0, 0.05) is 0 Å². The lowest BCUT2D eigenvalue weighted by atomic mass is 10.1. The Bertz CT molecular complexity index is 187. The molecule has 0 unspecified atom stereocenters. The van der Waals surface area contributed by atoms with Gasteiger partial charge in [-0.15, -0.1) is 0 Å². The maximum atomic E-state index is 2.38. The van der Waals surface area contributed by atoms with Crippen molar-refractivity contribution in [3.63, 3.8) is 0 Å². The molecule has 0 N–H and O–H groups in total. The van der Waals surface area contributed by atoms with Crippen LogP contribution in [-0.4, -0.2) is 55.2 Å². The lowest BCUT2D eigenvalue weighted by Gasteiger charge is -2.39. The standard InChI is InChI=1S/C16H36N.C6H15N.BrH/c1-5-9-13-17(14-10-6-2,15-11-7-3)16-12-8-4;1-4-7(5-2)6-3;/h5-16H2,1-4H3;4-6H2,1-3H3;1H/q+1;;/p-1. The molecule has 0 aliphatic heterocycles. The predicted molar refractivity (Wildman–Crippen MR) is 113 cm³/mol. The molecule has 0 amide bonds. The summed E-state index contributed by atoms with van der Waals surface area (Å²) in [7, 11) is 0. The first-order valence-electron chi connectivity index (χ1n) is 11.2. The van der Waals surface area contributed by atoms with E-state index in [9.17, 15) is 0 Å². The van der Waals surface area contributed by atoms with Gasteiger partial charge in [0.15, 0.2) is 0 Å². The first kappa shape index (κ1) is 30.1. The average molecular weight is 424 g/mol. The quantitative estimate of drug-likeness (QED) is 0.365. The van der Waals surface area contributed by atoms with Crippen LogP contribution in [0, 0.1) is 0 Å². The van der Waals surface area contributed by atoms with E-state index in [2.05, 4.69) is 53.4 Å². The van der Waals surface area contributed by atoms with Crippen molar-refractivity contribution < 1.29 is 21.5 Å². The van der Waals surface area contributed by atoms with Crippen LogP contribution in [0.25, 0.3) is 0 Å². The molecule has 2 nitrogen and oxygen atoms in total. The van der Waals surface area contributed by atoms with E-state index >= 15 is 0 Å². The van der Waals surface area contributed by atoms with Crippen molar-refractivity contribution in [3.05, 3.63) is 0 Å². The van der Waals surface area contributed by atoms with Crippen LogP contribution in [-0.2, 0) is 0 Å². The fourth-order valence-electron chi connectivity index (χ4n) is 3.32. The zero-order valence-electron chi connectivity index (χ0n) is 18.9. The van der Waals surface area contributed by atoms with Gasteiger partial charge in [-0.2, -0.15) is 0 Å². The molecule has 0 saturated carbocycles. The van der Waals surface area contributed by atoms with Gasteiger partial charge in [-0.1, -0.05) is 74.1 Å². The van der Waals surface area contributed by atoms with Crippen LogP contribution in [0.4, 0.5) is 0 Å². The molecule has 0 radical (unpaired) electrons. The van der Waals surface area contributed by atoms with Crippen molar-refractivity contribution >= 4 is 0 Å². The van der Waals surface area contributed by atoms with E-state index in [4.69, 9.17) is 0 Å². The second kappa shape index (κ2) is 22.4. The van der Waals surface area contributed by atoms with Crippen molar-refractivity contribution in [2.45, 2.75) is 99.8 Å². The molecule has 25 heavy (non-hydrogen) atoms. The number of quaternary nitrogens is 1. The summed E-state index contributed by atoms with van der Waals surface area (Å²) >= 11 is 0. The smallest absolute Gasteiger partial charge is 0.0786 e.